The van der Waals surface area contributed by atoms with E-state index in [0.717, 1.165) is 6.07 Å². The van der Waals surface area contributed by atoms with E-state index in [9.17, 15) is 18.0 Å². The van der Waals surface area contributed by atoms with Crippen LogP contribution in [0.5, 0.6) is 0 Å². The van der Waals surface area contributed by atoms with Gasteiger partial charge in [0.25, 0.3) is 0 Å². The predicted molar refractivity (Wildman–Crippen MR) is 76.1 cm³/mol. The van der Waals surface area contributed by atoms with Gasteiger partial charge in [-0.3, -0.25) is 4.79 Å². The maximum absolute atomic E-state index is 13.9. The first-order chi connectivity index (χ1) is 10.5. The predicted octanol–water partition coefficient (Wildman–Crippen LogP) is 3.59. The number of anilines is 1. The molecule has 0 aliphatic carbocycles. The average molecular weight is 309 g/mol. The molecule has 0 radical (unpaired) electrons. The lowest BCUT2D eigenvalue weighted by Crippen LogP contribution is -2.27. The Kier molecular flexibility index (Phi) is 5.04. The number of nitrogens with zero attached hydrogens (tertiary/aromatic N) is 1. The van der Waals surface area contributed by atoms with Gasteiger partial charge in [-0.05, 0) is 18.2 Å². The molecule has 0 spiro atoms. The number of hydrogen-bond acceptors (Lipinski definition) is 2. The normalized spacial score (nSPS) is 10.5. The topological polar surface area (TPSA) is 40.5 Å². The highest BCUT2D eigenvalue weighted by atomic mass is 19.1. The maximum Gasteiger partial charge on any atom is 0.305 e. The summed E-state index contributed by atoms with van der Waals surface area (Å²) >= 11 is 0. The number of rotatable bonds is 6. The third kappa shape index (κ3) is 4.00. The molecule has 3 nitrogen and oxygen atoms in total. The van der Waals surface area contributed by atoms with Gasteiger partial charge in [-0.2, -0.15) is 0 Å². The number of carboxylic acids is 1. The van der Waals surface area contributed by atoms with Crippen molar-refractivity contribution in [3.8, 4) is 0 Å². The molecule has 116 valence electrons. The Balaban J connectivity index is 2.29. The molecule has 0 aliphatic heterocycles. The van der Waals surface area contributed by atoms with Crippen molar-refractivity contribution < 1.29 is 23.1 Å². The maximum atomic E-state index is 13.9. The fraction of sp³-hybridized carbons (Fsp3) is 0.188. The van der Waals surface area contributed by atoms with Gasteiger partial charge in [-0.1, -0.05) is 18.2 Å². The Labute approximate surface area is 125 Å². The van der Waals surface area contributed by atoms with Crippen molar-refractivity contribution >= 4 is 11.7 Å². The lowest BCUT2D eigenvalue weighted by atomic mass is 10.1. The molecule has 0 amide bonds. The van der Waals surface area contributed by atoms with Gasteiger partial charge >= 0.3 is 5.97 Å². The van der Waals surface area contributed by atoms with E-state index in [-0.39, 0.29) is 25.2 Å². The molecule has 1 N–H and O–H groups in total. The molecule has 0 heterocycles. The summed E-state index contributed by atoms with van der Waals surface area (Å²) in [6.45, 7) is -0.0330. The van der Waals surface area contributed by atoms with Crippen LogP contribution in [0.4, 0.5) is 18.9 Å². The minimum absolute atomic E-state index is 0.0114. The fourth-order valence-corrected chi connectivity index (χ4v) is 2.09. The smallest absolute Gasteiger partial charge is 0.305 e. The molecule has 0 unspecified atom stereocenters. The lowest BCUT2D eigenvalue weighted by Gasteiger charge is -2.25. The second kappa shape index (κ2) is 6.98. The molecule has 0 saturated carbocycles. The van der Waals surface area contributed by atoms with Gasteiger partial charge in [0.2, 0.25) is 0 Å². The highest BCUT2D eigenvalue weighted by molar-refractivity contribution is 5.67. The summed E-state index contributed by atoms with van der Waals surface area (Å²) in [6, 6.07) is 8.97. The molecule has 0 aliphatic rings. The molecule has 0 saturated heterocycles. The van der Waals surface area contributed by atoms with Crippen LogP contribution in [0.3, 0.4) is 0 Å². The van der Waals surface area contributed by atoms with Crippen molar-refractivity contribution in [3.05, 3.63) is 65.5 Å². The third-order valence-electron chi connectivity index (χ3n) is 3.17. The van der Waals surface area contributed by atoms with Gasteiger partial charge in [0.1, 0.15) is 17.5 Å². The quantitative estimate of drug-likeness (QED) is 0.886. The largest absolute Gasteiger partial charge is 0.481 e. The van der Waals surface area contributed by atoms with E-state index >= 15 is 0 Å². The molecule has 2 aromatic carbocycles. The van der Waals surface area contributed by atoms with Gasteiger partial charge in [0.15, 0.2) is 0 Å². The average Bonchev–Trinajstić information content (AvgIpc) is 2.46. The van der Waals surface area contributed by atoms with Gasteiger partial charge in [-0.15, -0.1) is 0 Å². The number of aliphatic carboxylic acids is 1. The number of halogens is 3. The van der Waals surface area contributed by atoms with E-state index in [1.807, 2.05) is 0 Å². The molecule has 0 aromatic heterocycles. The van der Waals surface area contributed by atoms with Crippen LogP contribution in [0.2, 0.25) is 0 Å². The molecule has 2 rings (SSSR count). The Morgan fingerprint density at radius 1 is 1.05 bits per heavy atom. The van der Waals surface area contributed by atoms with E-state index in [2.05, 4.69) is 0 Å². The summed E-state index contributed by atoms with van der Waals surface area (Å²) in [7, 11) is 0. The standard InChI is InChI=1S/C16H14F3NO2/c17-12-5-6-15(14(19)9-12)20(8-7-16(21)22)10-11-3-1-2-4-13(11)18/h1-6,9H,7-8,10H2,(H,21,22). The number of hydrogen-bond donors (Lipinski definition) is 1. The van der Waals surface area contributed by atoms with Gasteiger partial charge < -0.3 is 10.0 Å². The molecule has 0 bridgehead atoms. The van der Waals surface area contributed by atoms with Gasteiger partial charge in [0, 0.05) is 24.7 Å². The van der Waals surface area contributed by atoms with Crippen molar-refractivity contribution in [2.24, 2.45) is 0 Å². The minimum Gasteiger partial charge on any atom is -0.481 e. The Hall–Kier alpha value is -2.50. The van der Waals surface area contributed by atoms with Crippen LogP contribution >= 0.6 is 0 Å². The van der Waals surface area contributed by atoms with Crippen molar-refractivity contribution in [1.82, 2.24) is 0 Å². The van der Waals surface area contributed by atoms with E-state index in [0.29, 0.717) is 11.6 Å². The minimum atomic E-state index is -1.05. The van der Waals surface area contributed by atoms with Crippen LogP contribution in [-0.4, -0.2) is 17.6 Å². The molecular weight excluding hydrogens is 295 g/mol. The molecule has 0 fully saturated rings. The van der Waals surface area contributed by atoms with Crippen LogP contribution in [0.25, 0.3) is 0 Å². The van der Waals surface area contributed by atoms with Crippen LogP contribution < -0.4 is 4.90 Å². The van der Waals surface area contributed by atoms with Gasteiger partial charge in [0.05, 0.1) is 12.1 Å². The zero-order chi connectivity index (χ0) is 16.1. The summed E-state index contributed by atoms with van der Waals surface area (Å²) in [5, 5.41) is 8.79. The van der Waals surface area contributed by atoms with E-state index in [4.69, 9.17) is 5.11 Å². The van der Waals surface area contributed by atoms with Gasteiger partial charge in [-0.25, -0.2) is 13.2 Å². The first-order valence-electron chi connectivity index (χ1n) is 6.62. The number of carbonyl (C=O) groups is 1. The Morgan fingerprint density at radius 2 is 1.77 bits per heavy atom. The molecule has 6 heteroatoms. The lowest BCUT2D eigenvalue weighted by molar-refractivity contribution is -0.136. The van der Waals surface area contributed by atoms with Crippen molar-refractivity contribution in [2.45, 2.75) is 13.0 Å². The summed E-state index contributed by atoms with van der Waals surface area (Å²) in [4.78, 5) is 12.1. The van der Waals surface area contributed by atoms with Crippen molar-refractivity contribution in [2.75, 3.05) is 11.4 Å². The molecule has 22 heavy (non-hydrogen) atoms. The summed E-state index contributed by atoms with van der Waals surface area (Å²) in [5.41, 5.74) is 0.336. The van der Waals surface area contributed by atoms with Crippen LogP contribution in [0.1, 0.15) is 12.0 Å². The van der Waals surface area contributed by atoms with E-state index in [1.54, 1.807) is 6.07 Å². The second-order valence-corrected chi connectivity index (χ2v) is 4.75. The Morgan fingerprint density at radius 3 is 2.41 bits per heavy atom. The fourth-order valence-electron chi connectivity index (χ4n) is 2.09. The van der Waals surface area contributed by atoms with Crippen LogP contribution in [-0.2, 0) is 11.3 Å². The van der Waals surface area contributed by atoms with Crippen molar-refractivity contribution in [1.29, 1.82) is 0 Å². The highest BCUT2D eigenvalue weighted by Crippen LogP contribution is 2.23. The zero-order valence-corrected chi connectivity index (χ0v) is 11.6. The number of carboxylic acid groups (broad SMARTS) is 1. The first-order valence-corrected chi connectivity index (χ1v) is 6.62. The molecule has 2 aromatic rings. The monoisotopic (exact) mass is 309 g/mol. The summed E-state index contributed by atoms with van der Waals surface area (Å²) < 4.78 is 40.6. The zero-order valence-electron chi connectivity index (χ0n) is 11.6. The van der Waals surface area contributed by atoms with Crippen molar-refractivity contribution in [3.63, 3.8) is 0 Å². The van der Waals surface area contributed by atoms with Crippen LogP contribution in [0, 0.1) is 17.5 Å². The summed E-state index contributed by atoms with van der Waals surface area (Å²) in [5.74, 6) is -3.07. The third-order valence-corrected chi connectivity index (χ3v) is 3.17. The van der Waals surface area contributed by atoms with E-state index in [1.165, 1.54) is 29.2 Å². The summed E-state index contributed by atoms with van der Waals surface area (Å²) in [6.07, 6.45) is -0.245. The molecular formula is C16H14F3NO2. The number of benzene rings is 2. The molecule has 0 atom stereocenters. The highest BCUT2D eigenvalue weighted by Gasteiger charge is 2.16. The second-order valence-electron chi connectivity index (χ2n) is 4.75. The first kappa shape index (κ1) is 15.9. The SMILES string of the molecule is O=C(O)CCN(Cc1ccccc1F)c1ccc(F)cc1F. The van der Waals surface area contributed by atoms with Crippen LogP contribution in [0.15, 0.2) is 42.5 Å². The Bertz CT molecular complexity index is 676. The van der Waals surface area contributed by atoms with E-state index < -0.39 is 23.4 Å².